The molecule has 1 fully saturated rings. The molecule has 3 rings (SSSR count). The number of likely N-dealkylation sites (tertiary alicyclic amines) is 1. The van der Waals surface area contributed by atoms with Crippen LogP contribution < -0.4 is 5.32 Å². The zero-order valence-electron chi connectivity index (χ0n) is 11.0. The molecular formula is C13H14F2N4O2. The van der Waals surface area contributed by atoms with E-state index in [1.54, 1.807) is 18.2 Å². The molecule has 0 bridgehead atoms. The number of aliphatic hydroxyl groups excluding tert-OH is 1. The minimum atomic E-state index is -2.67. The van der Waals surface area contributed by atoms with Crippen LogP contribution in [0.15, 0.2) is 18.2 Å². The lowest BCUT2D eigenvalue weighted by Gasteiger charge is -2.16. The molecule has 112 valence electrons. The van der Waals surface area contributed by atoms with Crippen molar-refractivity contribution in [3.8, 4) is 0 Å². The monoisotopic (exact) mass is 296 g/mol. The van der Waals surface area contributed by atoms with Gasteiger partial charge in [-0.25, -0.2) is 18.6 Å². The second-order valence-electron chi connectivity index (χ2n) is 4.97. The Morgan fingerprint density at radius 3 is 3.00 bits per heavy atom. The maximum Gasteiger partial charge on any atom is 0.321 e. The van der Waals surface area contributed by atoms with Gasteiger partial charge in [-0.05, 0) is 24.6 Å². The average molecular weight is 296 g/mol. The molecule has 1 aromatic carbocycles. The lowest BCUT2D eigenvalue weighted by Crippen LogP contribution is -2.33. The number of halogens is 2. The van der Waals surface area contributed by atoms with Gasteiger partial charge in [-0.3, -0.25) is 0 Å². The highest BCUT2D eigenvalue weighted by molar-refractivity contribution is 5.92. The van der Waals surface area contributed by atoms with Crippen LogP contribution in [0, 0.1) is 0 Å². The molecule has 1 aromatic heterocycles. The van der Waals surface area contributed by atoms with Crippen LogP contribution in [-0.2, 0) is 0 Å². The first kappa shape index (κ1) is 13.7. The first-order valence-electron chi connectivity index (χ1n) is 6.55. The minimum Gasteiger partial charge on any atom is -0.391 e. The SMILES string of the molecule is O=C(Nc1ccc2nc(C(F)F)[nH]c2c1)N1CC[C@H](O)C1. The van der Waals surface area contributed by atoms with E-state index in [2.05, 4.69) is 15.3 Å². The smallest absolute Gasteiger partial charge is 0.321 e. The molecule has 1 aliphatic heterocycles. The number of fused-ring (bicyclic) bond motifs is 1. The van der Waals surface area contributed by atoms with Crippen molar-refractivity contribution in [1.29, 1.82) is 0 Å². The van der Waals surface area contributed by atoms with Gasteiger partial charge in [0.15, 0.2) is 5.82 Å². The van der Waals surface area contributed by atoms with Crippen LogP contribution >= 0.6 is 0 Å². The highest BCUT2D eigenvalue weighted by Crippen LogP contribution is 2.22. The van der Waals surface area contributed by atoms with Gasteiger partial charge >= 0.3 is 6.03 Å². The largest absolute Gasteiger partial charge is 0.391 e. The van der Waals surface area contributed by atoms with Crippen molar-refractivity contribution in [2.24, 2.45) is 0 Å². The van der Waals surface area contributed by atoms with Gasteiger partial charge in [-0.15, -0.1) is 0 Å². The number of benzene rings is 1. The summed E-state index contributed by atoms with van der Waals surface area (Å²) >= 11 is 0. The number of imidazole rings is 1. The summed E-state index contributed by atoms with van der Waals surface area (Å²) in [5.41, 5.74) is 1.34. The van der Waals surface area contributed by atoms with Crippen molar-refractivity contribution in [3.63, 3.8) is 0 Å². The number of rotatable bonds is 2. The summed E-state index contributed by atoms with van der Waals surface area (Å²) in [5, 5.41) is 12.1. The third kappa shape index (κ3) is 2.80. The Labute approximate surface area is 118 Å². The summed E-state index contributed by atoms with van der Waals surface area (Å²) in [5.74, 6) is -0.392. The average Bonchev–Trinajstić information content (AvgIpc) is 3.04. The standard InChI is InChI=1S/C13H14F2N4O2/c14-11(15)12-17-9-2-1-7(5-10(9)18-12)16-13(21)19-4-3-8(20)6-19/h1-2,5,8,11,20H,3-4,6H2,(H,16,21)(H,17,18)/t8-/m0/s1. The van der Waals surface area contributed by atoms with E-state index in [1.807, 2.05) is 0 Å². The Morgan fingerprint density at radius 1 is 1.52 bits per heavy atom. The van der Waals surface area contributed by atoms with E-state index >= 15 is 0 Å². The van der Waals surface area contributed by atoms with Gasteiger partial charge in [0.1, 0.15) is 0 Å². The number of urea groups is 1. The molecule has 0 saturated carbocycles. The van der Waals surface area contributed by atoms with Gasteiger partial charge in [0.2, 0.25) is 0 Å². The third-order valence-electron chi connectivity index (χ3n) is 3.41. The van der Waals surface area contributed by atoms with E-state index in [0.717, 1.165) is 0 Å². The van der Waals surface area contributed by atoms with Crippen LogP contribution in [0.5, 0.6) is 0 Å². The molecule has 8 heteroatoms. The summed E-state index contributed by atoms with van der Waals surface area (Å²) in [6.45, 7) is 0.794. The third-order valence-corrected chi connectivity index (χ3v) is 3.41. The van der Waals surface area contributed by atoms with Crippen LogP contribution in [-0.4, -0.2) is 45.2 Å². The molecular weight excluding hydrogens is 282 g/mol. The number of alkyl halides is 2. The van der Waals surface area contributed by atoms with E-state index in [-0.39, 0.29) is 6.03 Å². The van der Waals surface area contributed by atoms with Gasteiger partial charge in [0.05, 0.1) is 17.1 Å². The predicted octanol–water partition coefficient (Wildman–Crippen LogP) is 2.10. The number of aromatic amines is 1. The Kier molecular flexibility index (Phi) is 3.46. The maximum atomic E-state index is 12.6. The second kappa shape index (κ2) is 5.28. The van der Waals surface area contributed by atoms with Crippen molar-refractivity contribution in [2.75, 3.05) is 18.4 Å². The Balaban J connectivity index is 1.76. The van der Waals surface area contributed by atoms with Gasteiger partial charge in [0, 0.05) is 18.8 Å². The lowest BCUT2D eigenvalue weighted by molar-refractivity contribution is 0.142. The number of anilines is 1. The Bertz CT molecular complexity index is 673. The molecule has 0 spiro atoms. The van der Waals surface area contributed by atoms with Gasteiger partial charge in [-0.2, -0.15) is 0 Å². The number of aromatic nitrogens is 2. The number of amides is 2. The number of nitrogens with one attached hydrogen (secondary N) is 2. The number of hydrogen-bond donors (Lipinski definition) is 3. The van der Waals surface area contributed by atoms with E-state index in [1.165, 1.54) is 4.90 Å². The molecule has 1 saturated heterocycles. The van der Waals surface area contributed by atoms with Crippen molar-refractivity contribution in [1.82, 2.24) is 14.9 Å². The normalized spacial score (nSPS) is 18.7. The van der Waals surface area contributed by atoms with Crippen molar-refractivity contribution >= 4 is 22.8 Å². The highest BCUT2D eigenvalue weighted by atomic mass is 19.3. The van der Waals surface area contributed by atoms with Gasteiger partial charge in [-0.1, -0.05) is 0 Å². The molecule has 1 atom stereocenters. The molecule has 21 heavy (non-hydrogen) atoms. The Morgan fingerprint density at radius 2 is 2.33 bits per heavy atom. The molecule has 3 N–H and O–H groups in total. The quantitative estimate of drug-likeness (QED) is 0.794. The fourth-order valence-corrected chi connectivity index (χ4v) is 2.34. The lowest BCUT2D eigenvalue weighted by atomic mass is 10.3. The fourth-order valence-electron chi connectivity index (χ4n) is 2.34. The summed E-state index contributed by atoms with van der Waals surface area (Å²) in [6, 6.07) is 4.40. The molecule has 2 aromatic rings. The molecule has 0 radical (unpaired) electrons. The van der Waals surface area contributed by atoms with Crippen LogP contribution in [0.3, 0.4) is 0 Å². The Hall–Kier alpha value is -2.22. The maximum absolute atomic E-state index is 12.6. The number of carbonyl (C=O) groups excluding carboxylic acids is 1. The molecule has 2 heterocycles. The van der Waals surface area contributed by atoms with E-state index in [4.69, 9.17) is 0 Å². The van der Waals surface area contributed by atoms with Crippen LogP contribution in [0.4, 0.5) is 19.3 Å². The zero-order valence-corrected chi connectivity index (χ0v) is 11.0. The summed E-state index contributed by atoms with van der Waals surface area (Å²) in [4.78, 5) is 19.8. The van der Waals surface area contributed by atoms with Crippen LogP contribution in [0.1, 0.15) is 18.7 Å². The van der Waals surface area contributed by atoms with E-state index < -0.39 is 18.4 Å². The summed E-state index contributed by atoms with van der Waals surface area (Å²) in [7, 11) is 0. The molecule has 2 amide bonds. The first-order valence-corrected chi connectivity index (χ1v) is 6.55. The molecule has 1 aliphatic rings. The zero-order chi connectivity index (χ0) is 15.0. The van der Waals surface area contributed by atoms with Crippen LogP contribution in [0.2, 0.25) is 0 Å². The number of hydrogen-bond acceptors (Lipinski definition) is 3. The first-order chi connectivity index (χ1) is 10.0. The van der Waals surface area contributed by atoms with Crippen molar-refractivity contribution < 1.29 is 18.7 Å². The van der Waals surface area contributed by atoms with Crippen molar-refractivity contribution in [2.45, 2.75) is 19.0 Å². The molecule has 0 unspecified atom stereocenters. The number of nitrogens with zero attached hydrogens (tertiary/aromatic N) is 2. The molecule has 0 aliphatic carbocycles. The number of H-pyrrole nitrogens is 1. The minimum absolute atomic E-state index is 0.299. The number of β-amino-alcohol motifs (C(OH)–C–C–N with tert-alkyl or cyclic N) is 1. The molecule has 6 nitrogen and oxygen atoms in total. The topological polar surface area (TPSA) is 81.2 Å². The van der Waals surface area contributed by atoms with E-state index in [0.29, 0.717) is 36.2 Å². The fraction of sp³-hybridized carbons (Fsp3) is 0.385. The number of aliphatic hydroxyl groups is 1. The summed E-state index contributed by atoms with van der Waals surface area (Å²) < 4.78 is 25.1. The summed E-state index contributed by atoms with van der Waals surface area (Å²) in [6.07, 6.45) is -2.59. The van der Waals surface area contributed by atoms with Gasteiger partial charge < -0.3 is 20.3 Å². The van der Waals surface area contributed by atoms with Crippen molar-refractivity contribution in [3.05, 3.63) is 24.0 Å². The highest BCUT2D eigenvalue weighted by Gasteiger charge is 2.24. The van der Waals surface area contributed by atoms with Crippen LogP contribution in [0.25, 0.3) is 11.0 Å². The second-order valence-corrected chi connectivity index (χ2v) is 4.97. The number of carbonyl (C=O) groups is 1. The van der Waals surface area contributed by atoms with E-state index in [9.17, 15) is 18.7 Å². The predicted molar refractivity (Wildman–Crippen MR) is 72.3 cm³/mol. The van der Waals surface area contributed by atoms with Gasteiger partial charge in [0.25, 0.3) is 6.43 Å².